The van der Waals surface area contributed by atoms with E-state index in [4.69, 9.17) is 4.74 Å². The van der Waals surface area contributed by atoms with Gasteiger partial charge < -0.3 is 19.9 Å². The molecule has 3 amide bonds. The number of halogens is 1. The van der Waals surface area contributed by atoms with E-state index in [0.29, 0.717) is 44.8 Å². The summed E-state index contributed by atoms with van der Waals surface area (Å²) in [6, 6.07) is 9.02. The number of carbonyl (C=O) groups is 2. The molecule has 3 aromatic rings. The number of carbonyl (C=O) groups excluding carboxylic acids is 2. The smallest absolute Gasteiger partial charge is 0.331 e. The van der Waals surface area contributed by atoms with Crippen LogP contribution in [0.25, 0.3) is 10.9 Å². The Morgan fingerprint density at radius 2 is 1.95 bits per heavy atom. The normalized spacial score (nSPS) is 20.7. The van der Waals surface area contributed by atoms with Crippen LogP contribution in [0, 0.1) is 11.7 Å². The van der Waals surface area contributed by atoms with Crippen LogP contribution in [0.5, 0.6) is 0 Å². The van der Waals surface area contributed by atoms with Gasteiger partial charge >= 0.3 is 11.7 Å². The van der Waals surface area contributed by atoms with Crippen LogP contribution in [0.1, 0.15) is 55.1 Å². The van der Waals surface area contributed by atoms with Gasteiger partial charge in [-0.05, 0) is 50.8 Å². The second-order valence-corrected chi connectivity index (χ2v) is 11.5. The second-order valence-electron chi connectivity index (χ2n) is 11.5. The van der Waals surface area contributed by atoms with E-state index in [2.05, 4.69) is 5.32 Å². The van der Waals surface area contributed by atoms with E-state index in [9.17, 15) is 19.2 Å². The fourth-order valence-corrected chi connectivity index (χ4v) is 6.30. The summed E-state index contributed by atoms with van der Waals surface area (Å²) in [4.78, 5) is 56.5. The van der Waals surface area contributed by atoms with Gasteiger partial charge in [0, 0.05) is 56.4 Å². The molecule has 3 aliphatic rings. The molecule has 2 atom stereocenters. The Kier molecular flexibility index (Phi) is 7.14. The monoisotopic (exact) mass is 563 g/mol. The number of aromatic nitrogens is 2. The Morgan fingerprint density at radius 1 is 1.15 bits per heavy atom. The molecule has 6 rings (SSSR count). The van der Waals surface area contributed by atoms with Crippen molar-refractivity contribution in [3.05, 3.63) is 74.2 Å². The maximum absolute atomic E-state index is 15.4. The maximum atomic E-state index is 15.4. The second kappa shape index (κ2) is 10.8. The maximum Gasteiger partial charge on any atom is 0.331 e. The Hall–Kier alpha value is -3.99. The third kappa shape index (κ3) is 4.92. The fraction of sp³-hybridized carbons (Fsp3) is 0.467. The summed E-state index contributed by atoms with van der Waals surface area (Å²) < 4.78 is 23.4. The van der Waals surface area contributed by atoms with Crippen molar-refractivity contribution >= 4 is 28.5 Å². The summed E-state index contributed by atoms with van der Waals surface area (Å²) in [6.07, 6.45) is 2.23. The standard InChI is InChI=1S/C30H34FN5O5/c1-18(2)36-26-13-24(31)25(12-23(26)28(38)35(30(36)40)14-19-9-11-41-17-19)32-29(39)33-10-5-7-21(16-33)34-15-20-6-3-4-8-22(20)27(34)37/h3-4,6,8,12-13,18-19,21H,5,7,9-11,14-17H2,1-2H3,(H,32,39). The summed E-state index contributed by atoms with van der Waals surface area (Å²) in [5.74, 6) is -0.731. The molecule has 11 heteroatoms. The third-order valence-corrected chi connectivity index (χ3v) is 8.45. The van der Waals surface area contributed by atoms with E-state index in [1.54, 1.807) is 18.7 Å². The molecule has 2 aromatic carbocycles. The van der Waals surface area contributed by atoms with Gasteiger partial charge in [-0.15, -0.1) is 0 Å². The highest BCUT2D eigenvalue weighted by atomic mass is 19.1. The van der Waals surface area contributed by atoms with E-state index in [0.717, 1.165) is 24.5 Å². The number of hydrogen-bond acceptors (Lipinski definition) is 5. The van der Waals surface area contributed by atoms with Gasteiger partial charge in [-0.1, -0.05) is 18.2 Å². The number of ether oxygens (including phenoxy) is 1. The van der Waals surface area contributed by atoms with Crippen LogP contribution in [-0.4, -0.2) is 63.2 Å². The molecule has 0 bridgehead atoms. The van der Waals surface area contributed by atoms with Crippen molar-refractivity contribution in [2.75, 3.05) is 31.6 Å². The molecule has 216 valence electrons. The van der Waals surface area contributed by atoms with Gasteiger partial charge in [-0.25, -0.2) is 14.0 Å². The lowest BCUT2D eigenvalue weighted by atomic mass is 10.0. The van der Waals surface area contributed by atoms with E-state index in [-0.39, 0.29) is 47.0 Å². The number of rotatable bonds is 5. The van der Waals surface area contributed by atoms with Gasteiger partial charge in [0.15, 0.2) is 0 Å². The predicted molar refractivity (Wildman–Crippen MR) is 152 cm³/mol. The lowest BCUT2D eigenvalue weighted by Gasteiger charge is -2.37. The van der Waals surface area contributed by atoms with Crippen LogP contribution < -0.4 is 16.6 Å². The summed E-state index contributed by atoms with van der Waals surface area (Å²) in [6.45, 7) is 6.18. The summed E-state index contributed by atoms with van der Waals surface area (Å²) >= 11 is 0. The average Bonchev–Trinajstić information content (AvgIpc) is 3.60. The molecular weight excluding hydrogens is 529 g/mol. The van der Waals surface area contributed by atoms with Gasteiger partial charge in [-0.2, -0.15) is 0 Å². The first-order chi connectivity index (χ1) is 19.7. The molecular formula is C30H34FN5O5. The summed E-state index contributed by atoms with van der Waals surface area (Å²) in [5, 5.41) is 2.81. The Balaban J connectivity index is 1.26. The first-order valence-corrected chi connectivity index (χ1v) is 14.2. The molecule has 10 nitrogen and oxygen atoms in total. The summed E-state index contributed by atoms with van der Waals surface area (Å²) in [5.41, 5.74) is 0.722. The van der Waals surface area contributed by atoms with E-state index in [1.165, 1.54) is 15.2 Å². The minimum Gasteiger partial charge on any atom is -0.381 e. The van der Waals surface area contributed by atoms with Crippen molar-refractivity contribution in [2.45, 2.75) is 58.3 Å². The van der Waals surface area contributed by atoms with Crippen molar-refractivity contribution in [1.29, 1.82) is 0 Å². The lowest BCUT2D eigenvalue weighted by molar-refractivity contribution is 0.0608. The molecule has 3 aliphatic heterocycles. The molecule has 0 saturated carbocycles. The number of amides is 3. The van der Waals surface area contributed by atoms with Crippen LogP contribution in [0.3, 0.4) is 0 Å². The zero-order valence-corrected chi connectivity index (χ0v) is 23.3. The van der Waals surface area contributed by atoms with Gasteiger partial charge in [0.05, 0.1) is 29.2 Å². The molecule has 0 spiro atoms. The number of hydrogen-bond donors (Lipinski definition) is 1. The first-order valence-electron chi connectivity index (χ1n) is 14.2. The number of piperidine rings is 1. The van der Waals surface area contributed by atoms with Gasteiger partial charge in [0.1, 0.15) is 5.82 Å². The molecule has 4 heterocycles. The number of nitrogens with zero attached hydrogens (tertiary/aromatic N) is 4. The SMILES string of the molecule is CC(C)n1c(=O)n(CC2CCOC2)c(=O)c2cc(NC(=O)N3CCCC(N4Cc5ccccc5C4=O)C3)c(F)cc21. The van der Waals surface area contributed by atoms with Gasteiger partial charge in [0.2, 0.25) is 0 Å². The quantitative estimate of drug-likeness (QED) is 0.511. The van der Waals surface area contributed by atoms with Gasteiger partial charge in [0.25, 0.3) is 11.5 Å². The molecule has 2 saturated heterocycles. The zero-order chi connectivity index (χ0) is 28.8. The summed E-state index contributed by atoms with van der Waals surface area (Å²) in [7, 11) is 0. The highest BCUT2D eigenvalue weighted by molar-refractivity contribution is 5.98. The minimum atomic E-state index is -0.736. The predicted octanol–water partition coefficient (Wildman–Crippen LogP) is 3.57. The Labute approximate surface area is 236 Å². The molecule has 41 heavy (non-hydrogen) atoms. The largest absolute Gasteiger partial charge is 0.381 e. The minimum absolute atomic E-state index is 0.0370. The zero-order valence-electron chi connectivity index (χ0n) is 23.3. The molecule has 1 aromatic heterocycles. The Morgan fingerprint density at radius 3 is 2.68 bits per heavy atom. The number of benzene rings is 2. The number of urea groups is 1. The molecule has 1 N–H and O–H groups in total. The molecule has 2 fully saturated rings. The lowest BCUT2D eigenvalue weighted by Crippen LogP contribution is -2.51. The number of fused-ring (bicyclic) bond motifs is 2. The highest BCUT2D eigenvalue weighted by Crippen LogP contribution is 2.29. The molecule has 0 radical (unpaired) electrons. The van der Waals surface area contributed by atoms with Crippen molar-refractivity contribution in [1.82, 2.24) is 18.9 Å². The highest BCUT2D eigenvalue weighted by Gasteiger charge is 2.36. The fourth-order valence-electron chi connectivity index (χ4n) is 6.30. The van der Waals surface area contributed by atoms with Gasteiger partial charge in [-0.3, -0.25) is 18.7 Å². The van der Waals surface area contributed by atoms with Crippen molar-refractivity contribution in [3.63, 3.8) is 0 Å². The molecule has 2 unspecified atom stereocenters. The van der Waals surface area contributed by atoms with Crippen molar-refractivity contribution in [2.24, 2.45) is 5.92 Å². The topological polar surface area (TPSA) is 106 Å². The van der Waals surface area contributed by atoms with Crippen LogP contribution in [-0.2, 0) is 17.8 Å². The Bertz CT molecular complexity index is 1640. The van der Waals surface area contributed by atoms with Crippen LogP contribution in [0.4, 0.5) is 14.9 Å². The van der Waals surface area contributed by atoms with E-state index in [1.807, 2.05) is 29.2 Å². The number of anilines is 1. The van der Waals surface area contributed by atoms with Crippen LogP contribution in [0.15, 0.2) is 46.0 Å². The number of nitrogens with one attached hydrogen (secondary N) is 1. The van der Waals surface area contributed by atoms with Crippen LogP contribution in [0.2, 0.25) is 0 Å². The van der Waals surface area contributed by atoms with Crippen molar-refractivity contribution in [3.8, 4) is 0 Å². The van der Waals surface area contributed by atoms with E-state index >= 15 is 4.39 Å². The first kappa shape index (κ1) is 27.2. The third-order valence-electron chi connectivity index (χ3n) is 8.45. The van der Waals surface area contributed by atoms with Crippen LogP contribution >= 0.6 is 0 Å². The molecule has 0 aliphatic carbocycles. The van der Waals surface area contributed by atoms with E-state index < -0.39 is 23.1 Å². The van der Waals surface area contributed by atoms with Crippen molar-refractivity contribution < 1.29 is 18.7 Å². The number of likely N-dealkylation sites (tertiary alicyclic amines) is 1. The average molecular weight is 564 g/mol.